The first-order valence-corrected chi connectivity index (χ1v) is 6.08. The molecular weight excluding hydrogens is 230 g/mol. The lowest BCUT2D eigenvalue weighted by Gasteiger charge is -2.17. The van der Waals surface area contributed by atoms with E-state index in [1.807, 2.05) is 45.0 Å². The third-order valence-electron chi connectivity index (χ3n) is 2.53. The number of nitrogens with one attached hydrogen (secondary N) is 1. The summed E-state index contributed by atoms with van der Waals surface area (Å²) in [6, 6.07) is 7.53. The molecule has 1 atom stereocenters. The molecule has 4 nitrogen and oxygen atoms in total. The molecule has 0 heterocycles. The van der Waals surface area contributed by atoms with Crippen LogP contribution < -0.4 is 10.1 Å². The van der Waals surface area contributed by atoms with Gasteiger partial charge in [-0.1, -0.05) is 18.2 Å². The highest BCUT2D eigenvalue weighted by Crippen LogP contribution is 2.24. The van der Waals surface area contributed by atoms with Gasteiger partial charge in [-0.25, -0.2) is 0 Å². The highest BCUT2D eigenvalue weighted by molar-refractivity contribution is 5.77. The molecule has 0 aliphatic rings. The molecular formula is C14H21NO3. The molecule has 0 saturated carbocycles. The molecule has 0 aliphatic heterocycles. The van der Waals surface area contributed by atoms with Gasteiger partial charge in [-0.3, -0.25) is 4.79 Å². The number of carbonyl (C=O) groups excluding carboxylic acids is 1. The highest BCUT2D eigenvalue weighted by atomic mass is 16.5. The first-order chi connectivity index (χ1) is 8.54. The standard InChI is InChI=1S/C14H21NO3/c1-10(2)18-9-14(16)15-11(3)12-7-5-6-8-13(12)17-4/h5-8,10-11H,9H2,1-4H3,(H,15,16)/t11-/m1/s1. The second-order valence-electron chi connectivity index (χ2n) is 4.39. The molecule has 4 heteroatoms. The van der Waals surface area contributed by atoms with Crippen molar-refractivity contribution in [3.8, 4) is 5.75 Å². The average molecular weight is 251 g/mol. The van der Waals surface area contributed by atoms with Gasteiger partial charge in [-0.05, 0) is 26.8 Å². The Morgan fingerprint density at radius 2 is 1.94 bits per heavy atom. The van der Waals surface area contributed by atoms with Crippen molar-refractivity contribution in [1.29, 1.82) is 0 Å². The van der Waals surface area contributed by atoms with Crippen LogP contribution in [0.3, 0.4) is 0 Å². The Bertz CT molecular complexity index is 390. The minimum absolute atomic E-state index is 0.0531. The van der Waals surface area contributed by atoms with Crippen molar-refractivity contribution in [3.63, 3.8) is 0 Å². The van der Waals surface area contributed by atoms with Crippen molar-refractivity contribution < 1.29 is 14.3 Å². The third kappa shape index (κ3) is 4.37. The Kier molecular flexibility index (Phi) is 5.65. The molecule has 0 aliphatic carbocycles. The summed E-state index contributed by atoms with van der Waals surface area (Å²) in [5.41, 5.74) is 0.956. The van der Waals surface area contributed by atoms with E-state index in [0.717, 1.165) is 11.3 Å². The minimum Gasteiger partial charge on any atom is -0.496 e. The summed E-state index contributed by atoms with van der Waals surface area (Å²) in [7, 11) is 1.62. The number of benzene rings is 1. The first-order valence-electron chi connectivity index (χ1n) is 6.08. The molecule has 0 aromatic heterocycles. The summed E-state index contributed by atoms with van der Waals surface area (Å²) in [5, 5.41) is 2.88. The van der Waals surface area contributed by atoms with E-state index in [-0.39, 0.29) is 24.7 Å². The largest absolute Gasteiger partial charge is 0.496 e. The minimum atomic E-state index is -0.123. The molecule has 0 unspecified atom stereocenters. The maximum absolute atomic E-state index is 11.7. The van der Waals surface area contributed by atoms with Gasteiger partial charge in [0, 0.05) is 5.56 Å². The lowest BCUT2D eigenvalue weighted by Crippen LogP contribution is -2.31. The van der Waals surface area contributed by atoms with E-state index in [1.54, 1.807) is 7.11 Å². The van der Waals surface area contributed by atoms with Crippen LogP contribution >= 0.6 is 0 Å². The molecule has 100 valence electrons. The van der Waals surface area contributed by atoms with E-state index in [9.17, 15) is 4.79 Å². The van der Waals surface area contributed by atoms with Gasteiger partial charge >= 0.3 is 0 Å². The lowest BCUT2D eigenvalue weighted by atomic mass is 10.1. The number of amides is 1. The van der Waals surface area contributed by atoms with Crippen LogP contribution in [0.25, 0.3) is 0 Å². The molecule has 1 rings (SSSR count). The van der Waals surface area contributed by atoms with Crippen LogP contribution in [0.5, 0.6) is 5.75 Å². The monoisotopic (exact) mass is 251 g/mol. The van der Waals surface area contributed by atoms with E-state index < -0.39 is 0 Å². The number of hydrogen-bond donors (Lipinski definition) is 1. The van der Waals surface area contributed by atoms with Gasteiger partial charge in [-0.15, -0.1) is 0 Å². The number of hydrogen-bond acceptors (Lipinski definition) is 3. The molecule has 0 radical (unpaired) electrons. The first kappa shape index (κ1) is 14.5. The molecule has 0 spiro atoms. The predicted molar refractivity (Wildman–Crippen MR) is 70.6 cm³/mol. The zero-order chi connectivity index (χ0) is 13.5. The van der Waals surface area contributed by atoms with Gasteiger partial charge in [0.05, 0.1) is 19.3 Å². The van der Waals surface area contributed by atoms with E-state index in [0.29, 0.717) is 0 Å². The summed E-state index contributed by atoms with van der Waals surface area (Å²) >= 11 is 0. The van der Waals surface area contributed by atoms with Gasteiger partial charge in [0.25, 0.3) is 0 Å². The van der Waals surface area contributed by atoms with Crippen molar-refractivity contribution in [2.75, 3.05) is 13.7 Å². The summed E-state index contributed by atoms with van der Waals surface area (Å²) in [4.78, 5) is 11.7. The highest BCUT2D eigenvalue weighted by Gasteiger charge is 2.13. The van der Waals surface area contributed by atoms with Crippen molar-refractivity contribution in [2.45, 2.75) is 32.9 Å². The van der Waals surface area contributed by atoms with Crippen LogP contribution in [0.15, 0.2) is 24.3 Å². The van der Waals surface area contributed by atoms with Crippen LogP contribution in [0.2, 0.25) is 0 Å². The second kappa shape index (κ2) is 7.01. The summed E-state index contributed by atoms with van der Waals surface area (Å²) in [6.45, 7) is 5.80. The zero-order valence-corrected chi connectivity index (χ0v) is 11.4. The Balaban J connectivity index is 2.59. The number of methoxy groups -OCH3 is 1. The second-order valence-corrected chi connectivity index (χ2v) is 4.39. The van der Waals surface area contributed by atoms with Gasteiger partial charge in [0.1, 0.15) is 12.4 Å². The summed E-state index contributed by atoms with van der Waals surface area (Å²) < 4.78 is 10.5. The van der Waals surface area contributed by atoms with Crippen molar-refractivity contribution in [1.82, 2.24) is 5.32 Å². The van der Waals surface area contributed by atoms with Crippen molar-refractivity contribution in [2.24, 2.45) is 0 Å². The molecule has 0 fully saturated rings. The van der Waals surface area contributed by atoms with E-state index in [1.165, 1.54) is 0 Å². The molecule has 0 saturated heterocycles. The SMILES string of the molecule is COc1ccccc1[C@@H](C)NC(=O)COC(C)C. The van der Waals surface area contributed by atoms with Gasteiger partial charge in [-0.2, -0.15) is 0 Å². The lowest BCUT2D eigenvalue weighted by molar-refractivity contribution is -0.127. The Hall–Kier alpha value is -1.55. The van der Waals surface area contributed by atoms with Crippen LogP contribution in [-0.2, 0) is 9.53 Å². The fourth-order valence-corrected chi connectivity index (χ4v) is 1.63. The molecule has 18 heavy (non-hydrogen) atoms. The van der Waals surface area contributed by atoms with Crippen molar-refractivity contribution in [3.05, 3.63) is 29.8 Å². The Labute approximate surface area is 108 Å². The van der Waals surface area contributed by atoms with Crippen LogP contribution in [-0.4, -0.2) is 25.7 Å². The van der Waals surface area contributed by atoms with Crippen molar-refractivity contribution >= 4 is 5.91 Å². The van der Waals surface area contributed by atoms with Gasteiger partial charge in [0.15, 0.2) is 0 Å². The topological polar surface area (TPSA) is 47.6 Å². The number of rotatable bonds is 6. The third-order valence-corrected chi connectivity index (χ3v) is 2.53. The maximum atomic E-state index is 11.7. The Morgan fingerprint density at radius 1 is 1.28 bits per heavy atom. The predicted octanol–water partition coefficient (Wildman–Crippen LogP) is 2.30. The van der Waals surface area contributed by atoms with Crippen LogP contribution in [0, 0.1) is 0 Å². The molecule has 1 aromatic rings. The zero-order valence-electron chi connectivity index (χ0n) is 11.4. The summed E-state index contributed by atoms with van der Waals surface area (Å²) in [6.07, 6.45) is 0.0531. The maximum Gasteiger partial charge on any atom is 0.246 e. The smallest absolute Gasteiger partial charge is 0.246 e. The molecule has 1 amide bonds. The number of carbonyl (C=O) groups is 1. The van der Waals surface area contributed by atoms with Crippen LogP contribution in [0.4, 0.5) is 0 Å². The normalized spacial score (nSPS) is 12.3. The van der Waals surface area contributed by atoms with E-state index >= 15 is 0 Å². The van der Waals surface area contributed by atoms with Gasteiger partial charge in [0.2, 0.25) is 5.91 Å². The molecule has 0 bridgehead atoms. The average Bonchev–Trinajstić information content (AvgIpc) is 2.36. The molecule has 1 N–H and O–H groups in total. The van der Waals surface area contributed by atoms with Crippen LogP contribution in [0.1, 0.15) is 32.4 Å². The fourth-order valence-electron chi connectivity index (χ4n) is 1.63. The molecule has 1 aromatic carbocycles. The van der Waals surface area contributed by atoms with E-state index in [2.05, 4.69) is 5.32 Å². The fraction of sp³-hybridized carbons (Fsp3) is 0.500. The quantitative estimate of drug-likeness (QED) is 0.844. The Morgan fingerprint density at radius 3 is 2.56 bits per heavy atom. The number of ether oxygens (including phenoxy) is 2. The van der Waals surface area contributed by atoms with E-state index in [4.69, 9.17) is 9.47 Å². The van der Waals surface area contributed by atoms with Gasteiger partial charge < -0.3 is 14.8 Å². The summed E-state index contributed by atoms with van der Waals surface area (Å²) in [5.74, 6) is 0.650. The number of para-hydroxylation sites is 1.